The van der Waals surface area contributed by atoms with Gasteiger partial charge in [-0.3, -0.25) is 4.79 Å². The van der Waals surface area contributed by atoms with Crippen LogP contribution < -0.4 is 5.32 Å². The number of hydrogen-bond donors (Lipinski definition) is 1. The van der Waals surface area contributed by atoms with Crippen LogP contribution in [0.2, 0.25) is 0 Å². The quantitative estimate of drug-likeness (QED) is 0.852. The zero-order valence-corrected chi connectivity index (χ0v) is 11.8. The predicted molar refractivity (Wildman–Crippen MR) is 78.5 cm³/mol. The highest BCUT2D eigenvalue weighted by Gasteiger charge is 2.31. The summed E-state index contributed by atoms with van der Waals surface area (Å²) in [5, 5.41) is 3.37. The number of fused-ring (bicyclic) bond motifs is 2. The summed E-state index contributed by atoms with van der Waals surface area (Å²) in [5.74, 6) is 1.13. The van der Waals surface area contributed by atoms with E-state index in [9.17, 15) is 4.79 Å². The fraction of sp³-hybridized carbons (Fsp3) is 0.375. The molecule has 0 saturated heterocycles. The molecule has 3 heterocycles. The summed E-state index contributed by atoms with van der Waals surface area (Å²) >= 11 is 0. The van der Waals surface area contributed by atoms with Gasteiger partial charge in [-0.25, -0.2) is 4.98 Å². The third-order valence-electron chi connectivity index (χ3n) is 4.41. The molecule has 0 fully saturated rings. The van der Waals surface area contributed by atoms with E-state index in [2.05, 4.69) is 27.0 Å². The minimum absolute atomic E-state index is 0.163. The van der Waals surface area contributed by atoms with Crippen LogP contribution in [0.5, 0.6) is 0 Å². The third kappa shape index (κ3) is 2.14. The Kier molecular flexibility index (Phi) is 3.00. The molecule has 1 unspecified atom stereocenters. The highest BCUT2D eigenvalue weighted by atomic mass is 16.2. The van der Waals surface area contributed by atoms with Crippen molar-refractivity contribution in [2.75, 3.05) is 13.1 Å². The van der Waals surface area contributed by atoms with Crippen molar-refractivity contribution in [3.8, 4) is 0 Å². The molecule has 1 atom stereocenters. The topological polar surface area (TPSA) is 50.2 Å². The molecule has 1 aromatic heterocycles. The number of nitrogens with zero attached hydrogens (tertiary/aromatic N) is 3. The van der Waals surface area contributed by atoms with Gasteiger partial charge in [0.2, 0.25) is 5.91 Å². The molecule has 21 heavy (non-hydrogen) atoms. The van der Waals surface area contributed by atoms with Gasteiger partial charge >= 0.3 is 0 Å². The molecule has 4 rings (SSSR count). The molecule has 0 bridgehead atoms. The van der Waals surface area contributed by atoms with E-state index in [-0.39, 0.29) is 11.9 Å². The van der Waals surface area contributed by atoms with Crippen molar-refractivity contribution < 1.29 is 4.79 Å². The minimum atomic E-state index is -0.212. The van der Waals surface area contributed by atoms with Gasteiger partial charge in [0, 0.05) is 32.0 Å². The van der Waals surface area contributed by atoms with Crippen molar-refractivity contribution in [1.29, 1.82) is 0 Å². The van der Waals surface area contributed by atoms with Crippen LogP contribution in [0, 0.1) is 0 Å². The monoisotopic (exact) mass is 282 g/mol. The first-order chi connectivity index (χ1) is 10.3. The minimum Gasteiger partial charge on any atom is -0.332 e. The number of hydrogen-bond acceptors (Lipinski definition) is 3. The van der Waals surface area contributed by atoms with Crippen LogP contribution in [0.15, 0.2) is 36.7 Å². The molecule has 1 amide bonds. The summed E-state index contributed by atoms with van der Waals surface area (Å²) in [6, 6.07) is 8.03. The zero-order chi connectivity index (χ0) is 14.2. The van der Waals surface area contributed by atoms with Gasteiger partial charge in [0.15, 0.2) is 0 Å². The molecule has 5 nitrogen and oxygen atoms in total. The average Bonchev–Trinajstić information content (AvgIpc) is 3.01. The highest BCUT2D eigenvalue weighted by molar-refractivity contribution is 5.84. The van der Waals surface area contributed by atoms with Gasteiger partial charge in [-0.1, -0.05) is 24.3 Å². The lowest BCUT2D eigenvalue weighted by Gasteiger charge is -2.33. The summed E-state index contributed by atoms with van der Waals surface area (Å²) in [6.45, 7) is 3.04. The molecular weight excluding hydrogens is 264 g/mol. The fourth-order valence-corrected chi connectivity index (χ4v) is 3.27. The van der Waals surface area contributed by atoms with Gasteiger partial charge < -0.3 is 14.8 Å². The van der Waals surface area contributed by atoms with Crippen molar-refractivity contribution in [2.24, 2.45) is 0 Å². The van der Waals surface area contributed by atoms with E-state index in [4.69, 9.17) is 0 Å². The molecule has 5 heteroatoms. The molecule has 2 aliphatic heterocycles. The molecule has 0 spiro atoms. The molecule has 0 aliphatic carbocycles. The summed E-state index contributed by atoms with van der Waals surface area (Å²) in [6.07, 6.45) is 4.77. The summed E-state index contributed by atoms with van der Waals surface area (Å²) < 4.78 is 2.12. The lowest BCUT2D eigenvalue weighted by molar-refractivity contribution is -0.135. The Morgan fingerprint density at radius 2 is 2.19 bits per heavy atom. The van der Waals surface area contributed by atoms with Crippen LogP contribution in [0.25, 0.3) is 0 Å². The Labute approximate surface area is 123 Å². The highest BCUT2D eigenvalue weighted by Crippen LogP contribution is 2.25. The predicted octanol–water partition coefficient (Wildman–Crippen LogP) is 1.11. The molecular formula is C16H18N4O. The van der Waals surface area contributed by atoms with Crippen LogP contribution >= 0.6 is 0 Å². The number of rotatable bonds is 1. The summed E-state index contributed by atoms with van der Waals surface area (Å²) in [5.41, 5.74) is 2.41. The first kappa shape index (κ1) is 12.6. The van der Waals surface area contributed by atoms with Crippen LogP contribution in [0.1, 0.15) is 23.0 Å². The molecule has 108 valence electrons. The maximum atomic E-state index is 12.9. The Bertz CT molecular complexity index is 678. The Hall–Kier alpha value is -2.14. The lowest BCUT2D eigenvalue weighted by atomic mass is 9.93. The number of aromatic nitrogens is 2. The number of benzene rings is 1. The van der Waals surface area contributed by atoms with Crippen molar-refractivity contribution in [2.45, 2.75) is 25.6 Å². The lowest BCUT2D eigenvalue weighted by Crippen LogP contribution is -2.46. The standard InChI is InChI=1S/C16H18N4O/c21-16(20-10-9-19-8-7-17-14(19)11-20)15-13-4-2-1-3-12(13)5-6-18-15/h1-4,7-8,15,18H,5-6,9-11H2. The van der Waals surface area contributed by atoms with Gasteiger partial charge in [0.05, 0.1) is 6.54 Å². The molecule has 0 saturated carbocycles. The van der Waals surface area contributed by atoms with Gasteiger partial charge in [-0.05, 0) is 17.5 Å². The first-order valence-electron chi connectivity index (χ1n) is 7.43. The van der Waals surface area contributed by atoms with Crippen molar-refractivity contribution in [1.82, 2.24) is 19.8 Å². The number of amides is 1. The Balaban J connectivity index is 1.59. The van der Waals surface area contributed by atoms with Crippen molar-refractivity contribution in [3.63, 3.8) is 0 Å². The van der Waals surface area contributed by atoms with E-state index in [1.165, 1.54) is 5.56 Å². The molecule has 0 radical (unpaired) electrons. The Morgan fingerprint density at radius 1 is 1.29 bits per heavy atom. The zero-order valence-electron chi connectivity index (χ0n) is 11.8. The number of carbonyl (C=O) groups excluding carboxylic acids is 1. The van der Waals surface area contributed by atoms with Gasteiger partial charge in [-0.15, -0.1) is 0 Å². The average molecular weight is 282 g/mol. The van der Waals surface area contributed by atoms with Crippen LogP contribution in [-0.4, -0.2) is 33.4 Å². The van der Waals surface area contributed by atoms with Crippen molar-refractivity contribution >= 4 is 5.91 Å². The van der Waals surface area contributed by atoms with Gasteiger partial charge in [0.25, 0.3) is 0 Å². The number of carbonyl (C=O) groups is 1. The normalized spacial score (nSPS) is 20.8. The molecule has 1 aromatic carbocycles. The second-order valence-corrected chi connectivity index (χ2v) is 5.63. The van der Waals surface area contributed by atoms with Crippen molar-refractivity contribution in [3.05, 3.63) is 53.6 Å². The molecule has 1 N–H and O–H groups in total. The van der Waals surface area contributed by atoms with Crippen LogP contribution in [-0.2, 0) is 24.3 Å². The summed E-state index contributed by atoms with van der Waals surface area (Å²) in [4.78, 5) is 19.1. The second-order valence-electron chi connectivity index (χ2n) is 5.63. The van der Waals surface area contributed by atoms with Crippen LogP contribution in [0.3, 0.4) is 0 Å². The van der Waals surface area contributed by atoms with Gasteiger partial charge in [-0.2, -0.15) is 0 Å². The Morgan fingerprint density at radius 3 is 3.14 bits per heavy atom. The largest absolute Gasteiger partial charge is 0.332 e. The molecule has 2 aromatic rings. The fourth-order valence-electron chi connectivity index (χ4n) is 3.27. The number of imidazole rings is 1. The maximum Gasteiger partial charge on any atom is 0.244 e. The SMILES string of the molecule is O=C(C1NCCc2ccccc21)N1CCn2ccnc2C1. The third-order valence-corrected chi connectivity index (χ3v) is 4.41. The maximum absolute atomic E-state index is 12.9. The summed E-state index contributed by atoms with van der Waals surface area (Å²) in [7, 11) is 0. The number of nitrogens with one attached hydrogen (secondary N) is 1. The van der Waals surface area contributed by atoms with E-state index in [1.54, 1.807) is 6.20 Å². The second kappa shape index (κ2) is 5.00. The van der Waals surface area contributed by atoms with E-state index < -0.39 is 0 Å². The molecule has 2 aliphatic rings. The van der Waals surface area contributed by atoms with E-state index in [1.807, 2.05) is 23.2 Å². The van der Waals surface area contributed by atoms with E-state index in [0.29, 0.717) is 6.54 Å². The smallest absolute Gasteiger partial charge is 0.244 e. The first-order valence-corrected chi connectivity index (χ1v) is 7.43. The van der Waals surface area contributed by atoms with E-state index in [0.717, 1.165) is 37.4 Å². The van der Waals surface area contributed by atoms with E-state index >= 15 is 0 Å². The van der Waals surface area contributed by atoms with Crippen LogP contribution in [0.4, 0.5) is 0 Å². The van der Waals surface area contributed by atoms with Gasteiger partial charge in [0.1, 0.15) is 11.9 Å².